The van der Waals surface area contributed by atoms with Crippen molar-refractivity contribution in [3.05, 3.63) is 95.2 Å². The first-order valence-corrected chi connectivity index (χ1v) is 12.6. The zero-order valence-corrected chi connectivity index (χ0v) is 20.8. The molecule has 1 aliphatic rings. The Morgan fingerprint density at radius 2 is 1.83 bits per heavy atom. The van der Waals surface area contributed by atoms with Gasteiger partial charge in [0.05, 0.1) is 5.56 Å². The molecule has 0 saturated carbocycles. The van der Waals surface area contributed by atoms with Crippen molar-refractivity contribution in [3.8, 4) is 0 Å². The number of nitrogens with one attached hydrogen (secondary N) is 1. The summed E-state index contributed by atoms with van der Waals surface area (Å²) in [5.74, 6) is 0.605. The molecule has 0 spiro atoms. The summed E-state index contributed by atoms with van der Waals surface area (Å²) in [4.78, 5) is 22.0. The Labute approximate surface area is 208 Å². The third-order valence-corrected chi connectivity index (χ3v) is 6.61. The number of rotatable bonds is 11. The van der Waals surface area contributed by atoms with Crippen molar-refractivity contribution < 1.29 is 9.53 Å². The average molecular weight is 473 g/mol. The molecule has 1 aromatic heterocycles. The lowest BCUT2D eigenvalue weighted by molar-refractivity contribution is 0.0473. The van der Waals surface area contributed by atoms with Crippen molar-refractivity contribution in [1.82, 2.24) is 15.2 Å². The van der Waals surface area contributed by atoms with Gasteiger partial charge in [0.2, 0.25) is 0 Å². The molecule has 2 aromatic carbocycles. The van der Waals surface area contributed by atoms with Gasteiger partial charge in [-0.3, -0.25) is 4.90 Å². The largest absolute Gasteiger partial charge is 0.457 e. The zero-order chi connectivity index (χ0) is 24.5. The number of hydrogen-bond donors (Lipinski definition) is 1. The molecule has 6 nitrogen and oxygen atoms in total. The van der Waals surface area contributed by atoms with Gasteiger partial charge in [0, 0.05) is 44.0 Å². The average Bonchev–Trinajstić information content (AvgIpc) is 3.40. The van der Waals surface area contributed by atoms with Crippen molar-refractivity contribution in [3.63, 3.8) is 0 Å². The summed E-state index contributed by atoms with van der Waals surface area (Å²) in [6, 6.07) is 22.4. The zero-order valence-electron chi connectivity index (χ0n) is 20.8. The van der Waals surface area contributed by atoms with E-state index in [-0.39, 0.29) is 12.6 Å². The Bertz CT molecular complexity index is 1070. The molecule has 35 heavy (non-hydrogen) atoms. The molecule has 1 N–H and O–H groups in total. The third-order valence-electron chi connectivity index (χ3n) is 6.61. The van der Waals surface area contributed by atoms with Crippen LogP contribution < -0.4 is 10.2 Å². The number of likely N-dealkylation sites (N-methyl/N-ethyl adjacent to an activating group) is 1. The molecule has 1 aliphatic heterocycles. The summed E-state index contributed by atoms with van der Waals surface area (Å²) >= 11 is 0. The smallest absolute Gasteiger partial charge is 0.338 e. The number of esters is 1. The molecule has 1 atom stereocenters. The number of hydrogen-bond acceptors (Lipinski definition) is 6. The fourth-order valence-electron chi connectivity index (χ4n) is 4.63. The first kappa shape index (κ1) is 24.9. The predicted molar refractivity (Wildman–Crippen MR) is 140 cm³/mol. The number of ether oxygens (including phenoxy) is 1. The summed E-state index contributed by atoms with van der Waals surface area (Å²) in [5, 5.41) is 3.38. The standard InChI is InChI=1S/C29H36N4O2/c1-3-30-19-23-12-14-24(15-13-23)20-32(4-2)27-16-18-33(21-27)28-26(11-8-17-31-28)22-35-29(34)25-9-6-5-7-10-25/h5-15,17,27,30H,3-4,16,18-22H2,1-2H3. The van der Waals surface area contributed by atoms with Gasteiger partial charge in [-0.25, -0.2) is 9.78 Å². The number of nitrogens with zero attached hydrogens (tertiary/aromatic N) is 3. The number of anilines is 1. The molecule has 0 amide bonds. The van der Waals surface area contributed by atoms with E-state index >= 15 is 0 Å². The van der Waals surface area contributed by atoms with Crippen molar-refractivity contribution in [2.24, 2.45) is 0 Å². The van der Waals surface area contributed by atoms with E-state index in [2.05, 4.69) is 58.2 Å². The molecular weight excluding hydrogens is 436 g/mol. The van der Waals surface area contributed by atoms with Crippen LogP contribution >= 0.6 is 0 Å². The van der Waals surface area contributed by atoms with E-state index in [0.717, 1.165) is 57.1 Å². The lowest BCUT2D eigenvalue weighted by atomic mass is 10.1. The van der Waals surface area contributed by atoms with Gasteiger partial charge >= 0.3 is 5.97 Å². The van der Waals surface area contributed by atoms with Gasteiger partial charge < -0.3 is 15.0 Å². The van der Waals surface area contributed by atoms with E-state index < -0.39 is 0 Å². The van der Waals surface area contributed by atoms with Crippen LogP contribution in [0.1, 0.15) is 47.3 Å². The van der Waals surface area contributed by atoms with Crippen molar-refractivity contribution in [1.29, 1.82) is 0 Å². The molecule has 0 aliphatic carbocycles. The SMILES string of the molecule is CCNCc1ccc(CN(CC)C2CCN(c3ncccc3COC(=O)c3ccccc3)C2)cc1. The van der Waals surface area contributed by atoms with Gasteiger partial charge in [-0.05, 0) is 48.8 Å². The lowest BCUT2D eigenvalue weighted by Crippen LogP contribution is -2.37. The van der Waals surface area contributed by atoms with Gasteiger partial charge in [0.25, 0.3) is 0 Å². The van der Waals surface area contributed by atoms with Crippen LogP contribution in [0.2, 0.25) is 0 Å². The van der Waals surface area contributed by atoms with E-state index in [1.54, 1.807) is 12.1 Å². The van der Waals surface area contributed by atoms with Crippen LogP contribution in [-0.2, 0) is 24.4 Å². The number of carbonyl (C=O) groups excluding carboxylic acids is 1. The van der Waals surface area contributed by atoms with E-state index in [1.807, 2.05) is 36.5 Å². The molecule has 1 unspecified atom stereocenters. The van der Waals surface area contributed by atoms with Crippen LogP contribution in [0.15, 0.2) is 72.9 Å². The van der Waals surface area contributed by atoms with Gasteiger partial charge in [0.1, 0.15) is 12.4 Å². The minimum atomic E-state index is -0.312. The highest BCUT2D eigenvalue weighted by Gasteiger charge is 2.29. The molecule has 4 rings (SSSR count). The summed E-state index contributed by atoms with van der Waals surface area (Å²) in [7, 11) is 0. The second kappa shape index (κ2) is 12.5. The molecule has 184 valence electrons. The van der Waals surface area contributed by atoms with Crippen LogP contribution in [0, 0.1) is 0 Å². The van der Waals surface area contributed by atoms with Gasteiger partial charge in [-0.1, -0.05) is 62.4 Å². The van der Waals surface area contributed by atoms with Crippen LogP contribution in [0.4, 0.5) is 5.82 Å². The quantitative estimate of drug-likeness (QED) is 0.410. The van der Waals surface area contributed by atoms with E-state index in [9.17, 15) is 4.79 Å². The van der Waals surface area contributed by atoms with Gasteiger partial charge in [-0.15, -0.1) is 0 Å². The van der Waals surface area contributed by atoms with Crippen molar-refractivity contribution in [2.75, 3.05) is 31.1 Å². The minimum Gasteiger partial charge on any atom is -0.457 e. The molecule has 2 heterocycles. The molecule has 0 radical (unpaired) electrons. The monoisotopic (exact) mass is 472 g/mol. The Morgan fingerprint density at radius 3 is 2.57 bits per heavy atom. The summed E-state index contributed by atoms with van der Waals surface area (Å²) in [6.45, 7) is 10.3. The van der Waals surface area contributed by atoms with Crippen molar-refractivity contribution >= 4 is 11.8 Å². The first-order valence-electron chi connectivity index (χ1n) is 12.6. The van der Waals surface area contributed by atoms with Crippen LogP contribution in [-0.4, -0.2) is 48.1 Å². The maximum atomic E-state index is 12.4. The first-order chi connectivity index (χ1) is 17.2. The predicted octanol–water partition coefficient (Wildman–Crippen LogP) is 4.65. The van der Waals surface area contributed by atoms with Crippen molar-refractivity contribution in [2.45, 2.75) is 46.0 Å². The number of aromatic nitrogens is 1. The maximum absolute atomic E-state index is 12.4. The van der Waals surface area contributed by atoms with E-state index in [4.69, 9.17) is 4.74 Å². The van der Waals surface area contributed by atoms with E-state index in [0.29, 0.717) is 11.6 Å². The Hall–Kier alpha value is -3.22. The summed E-state index contributed by atoms with van der Waals surface area (Å²) in [5.41, 5.74) is 4.17. The fraction of sp³-hybridized carbons (Fsp3) is 0.379. The fourth-order valence-corrected chi connectivity index (χ4v) is 4.63. The number of pyridine rings is 1. The van der Waals surface area contributed by atoms with Gasteiger partial charge in [-0.2, -0.15) is 0 Å². The third kappa shape index (κ3) is 6.68. The molecule has 1 saturated heterocycles. The molecule has 3 aromatic rings. The topological polar surface area (TPSA) is 57.7 Å². The van der Waals surface area contributed by atoms with Crippen LogP contribution in [0.5, 0.6) is 0 Å². The Morgan fingerprint density at radius 1 is 1.06 bits per heavy atom. The van der Waals surface area contributed by atoms with Crippen LogP contribution in [0.25, 0.3) is 0 Å². The number of carbonyl (C=O) groups is 1. The second-order valence-electron chi connectivity index (χ2n) is 8.98. The highest BCUT2D eigenvalue weighted by Crippen LogP contribution is 2.26. The summed E-state index contributed by atoms with van der Waals surface area (Å²) < 4.78 is 5.60. The molecule has 6 heteroatoms. The minimum absolute atomic E-state index is 0.217. The highest BCUT2D eigenvalue weighted by atomic mass is 16.5. The highest BCUT2D eigenvalue weighted by molar-refractivity contribution is 5.89. The normalized spacial score (nSPS) is 15.5. The van der Waals surface area contributed by atoms with E-state index in [1.165, 1.54) is 11.1 Å². The molecular formula is C29H36N4O2. The molecule has 1 fully saturated rings. The maximum Gasteiger partial charge on any atom is 0.338 e. The Balaban J connectivity index is 1.36. The number of benzene rings is 2. The van der Waals surface area contributed by atoms with Crippen LogP contribution in [0.3, 0.4) is 0 Å². The molecule has 0 bridgehead atoms. The Kier molecular flexibility index (Phi) is 8.87. The van der Waals surface area contributed by atoms with Gasteiger partial charge in [0.15, 0.2) is 0 Å². The second-order valence-corrected chi connectivity index (χ2v) is 8.98. The summed E-state index contributed by atoms with van der Waals surface area (Å²) in [6.07, 6.45) is 2.91. The lowest BCUT2D eigenvalue weighted by Gasteiger charge is -2.28.